The average molecular weight is 420 g/mol. The van der Waals surface area contributed by atoms with Gasteiger partial charge in [-0.05, 0) is 32.5 Å². The number of benzene rings is 1. The van der Waals surface area contributed by atoms with Crippen molar-refractivity contribution in [3.05, 3.63) is 39.3 Å². The number of aromatic nitrogens is 1. The van der Waals surface area contributed by atoms with Gasteiger partial charge >= 0.3 is 5.97 Å². The fourth-order valence-electron chi connectivity index (χ4n) is 3.65. The van der Waals surface area contributed by atoms with E-state index in [-0.39, 0.29) is 5.97 Å². The molecule has 0 amide bonds. The smallest absolute Gasteiger partial charge is 0.338 e. The van der Waals surface area contributed by atoms with Crippen molar-refractivity contribution in [2.24, 2.45) is 0 Å². The molecule has 1 aromatic heterocycles. The monoisotopic (exact) mass is 419 g/mol. The molecular weight excluding hydrogens is 390 g/mol. The maximum atomic E-state index is 12.4. The highest BCUT2D eigenvalue weighted by Crippen LogP contribution is 2.31. The van der Waals surface area contributed by atoms with Crippen molar-refractivity contribution in [2.75, 3.05) is 47.5 Å². The van der Waals surface area contributed by atoms with Crippen LogP contribution in [0.3, 0.4) is 0 Å². The predicted molar refractivity (Wildman–Crippen MR) is 113 cm³/mol. The normalized spacial score (nSPS) is 15.7. The van der Waals surface area contributed by atoms with Gasteiger partial charge in [-0.3, -0.25) is 9.80 Å². The second-order valence-corrected chi connectivity index (χ2v) is 8.17. The molecule has 1 fully saturated rings. The van der Waals surface area contributed by atoms with E-state index < -0.39 is 0 Å². The van der Waals surface area contributed by atoms with E-state index in [1.807, 2.05) is 13.0 Å². The molecule has 7 nitrogen and oxygen atoms in total. The summed E-state index contributed by atoms with van der Waals surface area (Å²) in [6, 6.07) is 3.54. The molecule has 0 bridgehead atoms. The zero-order chi connectivity index (χ0) is 20.8. The quantitative estimate of drug-likeness (QED) is 0.639. The molecule has 0 aliphatic carbocycles. The first-order valence-corrected chi connectivity index (χ1v) is 10.6. The van der Waals surface area contributed by atoms with Crippen molar-refractivity contribution >= 4 is 17.3 Å². The molecule has 2 heterocycles. The van der Waals surface area contributed by atoms with Crippen molar-refractivity contribution in [3.8, 4) is 11.5 Å². The Labute approximate surface area is 176 Å². The minimum atomic E-state index is -0.382. The van der Waals surface area contributed by atoms with E-state index in [0.29, 0.717) is 23.6 Å². The van der Waals surface area contributed by atoms with Gasteiger partial charge in [-0.2, -0.15) is 0 Å². The first-order valence-electron chi connectivity index (χ1n) is 9.73. The van der Waals surface area contributed by atoms with Crippen LogP contribution in [0.4, 0.5) is 0 Å². The number of carbonyl (C=O) groups is 1. The number of methoxy groups -OCH3 is 3. The number of aryl methyl sites for hydroxylation is 1. The van der Waals surface area contributed by atoms with Gasteiger partial charge in [0.15, 0.2) is 0 Å². The Morgan fingerprint density at radius 1 is 1.07 bits per heavy atom. The lowest BCUT2D eigenvalue weighted by atomic mass is 10.0. The molecular formula is C21H29N3O4S. The van der Waals surface area contributed by atoms with Gasteiger partial charge in [0.2, 0.25) is 0 Å². The van der Waals surface area contributed by atoms with Crippen LogP contribution in [-0.2, 0) is 17.8 Å². The Hall–Kier alpha value is -2.16. The zero-order valence-electron chi connectivity index (χ0n) is 17.6. The third kappa shape index (κ3) is 5.46. The standard InChI is InChI=1S/C21H29N3O4S/c1-15-22-16(14-29-15)12-23-6-5-7-24(9-8-23)13-19-18(21(25)28-4)10-17(26-2)11-20(19)27-3/h10-11,14H,5-9,12-13H2,1-4H3. The van der Waals surface area contributed by atoms with Gasteiger partial charge in [0.05, 0.1) is 37.6 Å². The van der Waals surface area contributed by atoms with Crippen LogP contribution in [0.1, 0.15) is 33.0 Å². The van der Waals surface area contributed by atoms with Crippen LogP contribution >= 0.6 is 11.3 Å². The minimum Gasteiger partial charge on any atom is -0.497 e. The molecule has 1 aliphatic rings. The van der Waals surface area contributed by atoms with E-state index in [4.69, 9.17) is 14.2 Å². The lowest BCUT2D eigenvalue weighted by Crippen LogP contribution is -2.31. The highest BCUT2D eigenvalue weighted by atomic mass is 32.1. The Bertz CT molecular complexity index is 839. The van der Waals surface area contributed by atoms with Crippen LogP contribution < -0.4 is 9.47 Å². The van der Waals surface area contributed by atoms with E-state index in [0.717, 1.165) is 55.4 Å². The maximum absolute atomic E-state index is 12.4. The van der Waals surface area contributed by atoms with E-state index in [1.54, 1.807) is 31.6 Å². The molecule has 3 rings (SSSR count). The van der Waals surface area contributed by atoms with Crippen LogP contribution in [0.2, 0.25) is 0 Å². The summed E-state index contributed by atoms with van der Waals surface area (Å²) in [5, 5.41) is 3.25. The molecule has 1 aromatic carbocycles. The Morgan fingerprint density at radius 3 is 2.38 bits per heavy atom. The number of carbonyl (C=O) groups excluding carboxylic acids is 1. The van der Waals surface area contributed by atoms with E-state index in [2.05, 4.69) is 20.2 Å². The molecule has 0 radical (unpaired) electrons. The van der Waals surface area contributed by atoms with Gasteiger partial charge in [0, 0.05) is 43.2 Å². The lowest BCUT2D eigenvalue weighted by Gasteiger charge is -2.23. The van der Waals surface area contributed by atoms with Crippen molar-refractivity contribution in [2.45, 2.75) is 26.4 Å². The average Bonchev–Trinajstić information content (AvgIpc) is 3.01. The van der Waals surface area contributed by atoms with Gasteiger partial charge < -0.3 is 14.2 Å². The summed E-state index contributed by atoms with van der Waals surface area (Å²) in [6.07, 6.45) is 1.06. The summed E-state index contributed by atoms with van der Waals surface area (Å²) in [5.74, 6) is 0.836. The summed E-state index contributed by atoms with van der Waals surface area (Å²) >= 11 is 1.70. The molecule has 1 aliphatic heterocycles. The maximum Gasteiger partial charge on any atom is 0.338 e. The summed E-state index contributed by atoms with van der Waals surface area (Å²) in [6.45, 7) is 7.43. The molecule has 0 saturated carbocycles. The van der Waals surface area contributed by atoms with Gasteiger partial charge in [-0.15, -0.1) is 11.3 Å². The summed E-state index contributed by atoms with van der Waals surface area (Å²) in [4.78, 5) is 21.8. The summed E-state index contributed by atoms with van der Waals surface area (Å²) in [7, 11) is 4.57. The summed E-state index contributed by atoms with van der Waals surface area (Å²) < 4.78 is 15.9. The molecule has 2 aromatic rings. The number of hydrogen-bond donors (Lipinski definition) is 0. The fraction of sp³-hybridized carbons (Fsp3) is 0.524. The molecule has 29 heavy (non-hydrogen) atoms. The lowest BCUT2D eigenvalue weighted by molar-refractivity contribution is 0.0597. The highest BCUT2D eigenvalue weighted by Gasteiger charge is 2.23. The van der Waals surface area contributed by atoms with Crippen LogP contribution in [0.25, 0.3) is 0 Å². The Balaban J connectivity index is 1.73. The van der Waals surface area contributed by atoms with Crippen LogP contribution in [0.5, 0.6) is 11.5 Å². The number of rotatable bonds is 7. The molecule has 0 atom stereocenters. The van der Waals surface area contributed by atoms with Gasteiger partial charge in [0.1, 0.15) is 11.5 Å². The van der Waals surface area contributed by atoms with Gasteiger partial charge in [0.25, 0.3) is 0 Å². The molecule has 0 spiro atoms. The SMILES string of the molecule is COC(=O)c1cc(OC)cc(OC)c1CN1CCCN(Cc2csc(C)n2)CC1. The zero-order valence-corrected chi connectivity index (χ0v) is 18.4. The Kier molecular flexibility index (Phi) is 7.46. The van der Waals surface area contributed by atoms with Gasteiger partial charge in [-0.25, -0.2) is 9.78 Å². The third-order valence-corrected chi connectivity index (χ3v) is 5.98. The fourth-order valence-corrected chi connectivity index (χ4v) is 4.25. The van der Waals surface area contributed by atoms with E-state index in [9.17, 15) is 4.79 Å². The van der Waals surface area contributed by atoms with Crippen molar-refractivity contribution < 1.29 is 19.0 Å². The Morgan fingerprint density at radius 2 is 1.79 bits per heavy atom. The number of nitrogens with zero attached hydrogens (tertiary/aromatic N) is 3. The molecule has 0 unspecified atom stereocenters. The molecule has 1 saturated heterocycles. The number of thiazole rings is 1. The van der Waals surface area contributed by atoms with Crippen molar-refractivity contribution in [3.63, 3.8) is 0 Å². The second-order valence-electron chi connectivity index (χ2n) is 7.11. The van der Waals surface area contributed by atoms with Crippen LogP contribution in [0.15, 0.2) is 17.5 Å². The predicted octanol–water partition coefficient (Wildman–Crippen LogP) is 2.96. The first-order chi connectivity index (χ1) is 14.0. The largest absolute Gasteiger partial charge is 0.497 e. The van der Waals surface area contributed by atoms with E-state index in [1.165, 1.54) is 7.11 Å². The number of ether oxygens (including phenoxy) is 3. The highest BCUT2D eigenvalue weighted by molar-refractivity contribution is 7.09. The number of hydrogen-bond acceptors (Lipinski definition) is 8. The third-order valence-electron chi connectivity index (χ3n) is 5.16. The van der Waals surface area contributed by atoms with E-state index >= 15 is 0 Å². The van der Waals surface area contributed by atoms with Crippen LogP contribution in [-0.4, -0.2) is 68.3 Å². The van der Waals surface area contributed by atoms with Crippen molar-refractivity contribution in [1.29, 1.82) is 0 Å². The van der Waals surface area contributed by atoms with Crippen LogP contribution in [0, 0.1) is 6.92 Å². The number of esters is 1. The van der Waals surface area contributed by atoms with Gasteiger partial charge in [-0.1, -0.05) is 0 Å². The summed E-state index contributed by atoms with van der Waals surface area (Å²) in [5.41, 5.74) is 2.47. The second kappa shape index (κ2) is 10.0. The molecule has 0 N–H and O–H groups in total. The minimum absolute atomic E-state index is 0.382. The molecule has 8 heteroatoms. The first kappa shape index (κ1) is 21.5. The topological polar surface area (TPSA) is 64.1 Å². The van der Waals surface area contributed by atoms with Crippen molar-refractivity contribution in [1.82, 2.24) is 14.8 Å². The molecule has 158 valence electrons.